The fourth-order valence-electron chi connectivity index (χ4n) is 3.33. The number of aldehydes is 1. The van der Waals surface area contributed by atoms with E-state index in [9.17, 15) is 4.79 Å². The minimum absolute atomic E-state index is 0.295. The highest BCUT2D eigenvalue weighted by molar-refractivity contribution is 5.49. The van der Waals surface area contributed by atoms with Crippen molar-refractivity contribution < 1.29 is 4.79 Å². The lowest BCUT2D eigenvalue weighted by molar-refractivity contribution is -0.108. The summed E-state index contributed by atoms with van der Waals surface area (Å²) in [6, 6.07) is 0. The number of carbonyl (C=O) groups is 1. The van der Waals surface area contributed by atoms with E-state index in [0.29, 0.717) is 11.8 Å². The Hall–Kier alpha value is -0.590. The first-order chi connectivity index (χ1) is 6.18. The number of carbonyl (C=O) groups excluding carboxylic acids is 1. The van der Waals surface area contributed by atoms with Crippen LogP contribution >= 0.6 is 0 Å². The Morgan fingerprint density at radius 3 is 2.92 bits per heavy atom. The molecule has 0 N–H and O–H groups in total. The molecule has 2 fully saturated rings. The summed E-state index contributed by atoms with van der Waals surface area (Å²) < 4.78 is 0. The topological polar surface area (TPSA) is 17.1 Å². The van der Waals surface area contributed by atoms with Crippen molar-refractivity contribution in [2.45, 2.75) is 39.0 Å². The molecule has 2 aliphatic carbocycles. The van der Waals surface area contributed by atoms with Crippen molar-refractivity contribution in [3.63, 3.8) is 0 Å². The highest BCUT2D eigenvalue weighted by Crippen LogP contribution is 2.60. The zero-order valence-corrected chi connectivity index (χ0v) is 8.38. The summed E-state index contributed by atoms with van der Waals surface area (Å²) in [7, 11) is 0. The maximum atomic E-state index is 10.4. The SMILES string of the molecule is C=C1C2CCC(C2)C1(C)CCC=O. The van der Waals surface area contributed by atoms with Crippen molar-refractivity contribution >= 4 is 6.29 Å². The molecule has 2 aliphatic rings. The second-order valence-corrected chi connectivity index (χ2v) is 4.85. The van der Waals surface area contributed by atoms with Gasteiger partial charge in [0.2, 0.25) is 0 Å². The first kappa shape index (κ1) is 8.98. The molecule has 0 aromatic carbocycles. The van der Waals surface area contributed by atoms with Gasteiger partial charge in [0, 0.05) is 6.42 Å². The Bertz CT molecular complexity index is 244. The summed E-state index contributed by atoms with van der Waals surface area (Å²) in [6.45, 7) is 6.54. The van der Waals surface area contributed by atoms with Gasteiger partial charge in [0.1, 0.15) is 6.29 Å². The molecule has 13 heavy (non-hydrogen) atoms. The Labute approximate surface area is 80.2 Å². The number of allylic oxidation sites excluding steroid dienone is 1. The summed E-state index contributed by atoms with van der Waals surface area (Å²) in [5.74, 6) is 1.60. The summed E-state index contributed by atoms with van der Waals surface area (Å²) in [5.41, 5.74) is 1.73. The Morgan fingerprint density at radius 1 is 1.62 bits per heavy atom. The maximum Gasteiger partial charge on any atom is 0.120 e. The molecule has 72 valence electrons. The number of hydrogen-bond donors (Lipinski definition) is 0. The van der Waals surface area contributed by atoms with Gasteiger partial charge in [0.15, 0.2) is 0 Å². The molecule has 2 rings (SSSR count). The van der Waals surface area contributed by atoms with Crippen molar-refractivity contribution in [3.8, 4) is 0 Å². The number of rotatable bonds is 3. The van der Waals surface area contributed by atoms with E-state index in [1.54, 1.807) is 0 Å². The molecule has 2 bridgehead atoms. The van der Waals surface area contributed by atoms with Crippen LogP contribution in [0.3, 0.4) is 0 Å². The largest absolute Gasteiger partial charge is 0.303 e. The molecule has 0 spiro atoms. The van der Waals surface area contributed by atoms with Gasteiger partial charge in [-0.15, -0.1) is 0 Å². The fourth-order valence-corrected chi connectivity index (χ4v) is 3.33. The predicted molar refractivity (Wildman–Crippen MR) is 53.4 cm³/mol. The quantitative estimate of drug-likeness (QED) is 0.479. The minimum Gasteiger partial charge on any atom is -0.303 e. The van der Waals surface area contributed by atoms with E-state index in [1.807, 2.05) is 0 Å². The van der Waals surface area contributed by atoms with Gasteiger partial charge in [-0.25, -0.2) is 0 Å². The lowest BCUT2D eigenvalue weighted by atomic mass is 9.69. The van der Waals surface area contributed by atoms with Crippen LogP contribution in [0.1, 0.15) is 39.0 Å². The van der Waals surface area contributed by atoms with Crippen molar-refractivity contribution in [1.29, 1.82) is 0 Å². The Morgan fingerprint density at radius 2 is 2.38 bits per heavy atom. The van der Waals surface area contributed by atoms with Gasteiger partial charge < -0.3 is 4.79 Å². The third kappa shape index (κ3) is 1.17. The molecule has 0 heterocycles. The number of hydrogen-bond acceptors (Lipinski definition) is 1. The molecule has 3 unspecified atom stereocenters. The maximum absolute atomic E-state index is 10.4. The highest BCUT2D eigenvalue weighted by atomic mass is 16.1. The average Bonchev–Trinajstić information content (AvgIpc) is 2.68. The first-order valence-electron chi connectivity index (χ1n) is 5.31. The predicted octanol–water partition coefficient (Wildman–Crippen LogP) is 2.96. The lowest BCUT2D eigenvalue weighted by Gasteiger charge is -2.35. The van der Waals surface area contributed by atoms with E-state index in [1.165, 1.54) is 24.8 Å². The van der Waals surface area contributed by atoms with Gasteiger partial charge in [-0.3, -0.25) is 0 Å². The van der Waals surface area contributed by atoms with Gasteiger partial charge in [0.05, 0.1) is 0 Å². The van der Waals surface area contributed by atoms with Gasteiger partial charge >= 0.3 is 0 Å². The standard InChI is InChI=1S/C12H18O/c1-9-10-4-5-11(8-10)12(9,2)6-3-7-13/h7,10-11H,1,3-6,8H2,2H3. The first-order valence-corrected chi connectivity index (χ1v) is 5.31. The monoisotopic (exact) mass is 178 g/mol. The molecule has 1 heteroatoms. The van der Waals surface area contributed by atoms with E-state index < -0.39 is 0 Å². The van der Waals surface area contributed by atoms with Crippen LogP contribution in [-0.2, 0) is 4.79 Å². The minimum atomic E-state index is 0.295. The van der Waals surface area contributed by atoms with Crippen LogP contribution in [0.15, 0.2) is 12.2 Å². The molecular formula is C12H18O. The molecule has 0 aliphatic heterocycles. The van der Waals surface area contributed by atoms with Crippen molar-refractivity contribution in [1.82, 2.24) is 0 Å². The van der Waals surface area contributed by atoms with Crippen molar-refractivity contribution in [2.75, 3.05) is 0 Å². The molecule has 3 atom stereocenters. The summed E-state index contributed by atoms with van der Waals surface area (Å²) in [4.78, 5) is 10.4. The highest BCUT2D eigenvalue weighted by Gasteiger charge is 2.49. The van der Waals surface area contributed by atoms with E-state index in [4.69, 9.17) is 0 Å². The van der Waals surface area contributed by atoms with Crippen LogP contribution in [0.25, 0.3) is 0 Å². The molecule has 0 aromatic heterocycles. The molecule has 1 nitrogen and oxygen atoms in total. The third-order valence-corrected chi connectivity index (χ3v) is 4.34. The molecular weight excluding hydrogens is 160 g/mol. The van der Waals surface area contributed by atoms with E-state index in [2.05, 4.69) is 13.5 Å². The smallest absolute Gasteiger partial charge is 0.120 e. The van der Waals surface area contributed by atoms with Gasteiger partial charge in [0.25, 0.3) is 0 Å². The second kappa shape index (κ2) is 2.97. The van der Waals surface area contributed by atoms with Crippen LogP contribution in [0.5, 0.6) is 0 Å². The Kier molecular flexibility index (Phi) is 2.05. The van der Waals surface area contributed by atoms with Crippen LogP contribution in [-0.4, -0.2) is 6.29 Å². The summed E-state index contributed by atoms with van der Waals surface area (Å²) >= 11 is 0. The molecule has 0 saturated heterocycles. The summed E-state index contributed by atoms with van der Waals surface area (Å²) in [5, 5.41) is 0. The van der Waals surface area contributed by atoms with Gasteiger partial charge in [-0.2, -0.15) is 0 Å². The number of fused-ring (bicyclic) bond motifs is 2. The third-order valence-electron chi connectivity index (χ3n) is 4.34. The fraction of sp³-hybridized carbons (Fsp3) is 0.750. The Balaban J connectivity index is 2.13. The van der Waals surface area contributed by atoms with Gasteiger partial charge in [-0.1, -0.05) is 19.1 Å². The van der Waals surface area contributed by atoms with Crippen molar-refractivity contribution in [2.24, 2.45) is 17.3 Å². The van der Waals surface area contributed by atoms with E-state index >= 15 is 0 Å². The van der Waals surface area contributed by atoms with E-state index in [0.717, 1.165) is 24.5 Å². The van der Waals surface area contributed by atoms with Crippen LogP contribution in [0.2, 0.25) is 0 Å². The van der Waals surface area contributed by atoms with Crippen LogP contribution in [0, 0.1) is 17.3 Å². The van der Waals surface area contributed by atoms with Crippen LogP contribution < -0.4 is 0 Å². The molecule has 2 saturated carbocycles. The molecule has 0 amide bonds. The molecule has 0 radical (unpaired) electrons. The van der Waals surface area contributed by atoms with Crippen molar-refractivity contribution in [3.05, 3.63) is 12.2 Å². The zero-order valence-electron chi connectivity index (χ0n) is 8.38. The average molecular weight is 178 g/mol. The van der Waals surface area contributed by atoms with Gasteiger partial charge in [-0.05, 0) is 42.9 Å². The van der Waals surface area contributed by atoms with Crippen LogP contribution in [0.4, 0.5) is 0 Å². The second-order valence-electron chi connectivity index (χ2n) is 4.85. The lowest BCUT2D eigenvalue weighted by Crippen LogP contribution is -2.26. The molecule has 0 aromatic rings. The van der Waals surface area contributed by atoms with E-state index in [-0.39, 0.29) is 0 Å². The zero-order chi connectivity index (χ0) is 9.47. The summed E-state index contributed by atoms with van der Waals surface area (Å²) in [6.07, 6.45) is 6.83. The normalized spacial score (nSPS) is 42.7.